The van der Waals surface area contributed by atoms with Crippen LogP contribution < -0.4 is 19.5 Å². The second kappa shape index (κ2) is 8.45. The molecule has 0 radical (unpaired) electrons. The van der Waals surface area contributed by atoms with Gasteiger partial charge >= 0.3 is 0 Å². The van der Waals surface area contributed by atoms with Gasteiger partial charge in [-0.15, -0.1) is 0 Å². The molecule has 4 rings (SSSR count). The fourth-order valence-corrected chi connectivity index (χ4v) is 2.96. The normalized spacial score (nSPS) is 13.6. The predicted octanol–water partition coefficient (Wildman–Crippen LogP) is 3.96. The molecule has 1 amide bonds. The minimum absolute atomic E-state index is 0.189. The number of hydrogen-bond acceptors (Lipinski definition) is 6. The summed E-state index contributed by atoms with van der Waals surface area (Å²) in [7, 11) is 0. The van der Waals surface area contributed by atoms with Gasteiger partial charge in [0.1, 0.15) is 25.1 Å². The number of ether oxygens (including phenoxy) is 3. The van der Waals surface area contributed by atoms with Crippen molar-refractivity contribution in [1.82, 2.24) is 10.5 Å². The maximum absolute atomic E-state index is 12.4. The van der Waals surface area contributed by atoms with Crippen LogP contribution in [0.3, 0.4) is 0 Å². The summed E-state index contributed by atoms with van der Waals surface area (Å²) in [5.74, 6) is 2.14. The molecule has 0 fully saturated rings. The minimum atomic E-state index is -0.343. The predicted molar refractivity (Wildman–Crippen MR) is 107 cm³/mol. The lowest BCUT2D eigenvalue weighted by Crippen LogP contribution is -2.33. The van der Waals surface area contributed by atoms with Crippen LogP contribution in [-0.2, 0) is 0 Å². The quantitative estimate of drug-likeness (QED) is 0.657. The molecule has 0 spiro atoms. The first kappa shape index (κ1) is 19.1. The van der Waals surface area contributed by atoms with Crippen LogP contribution >= 0.6 is 11.6 Å². The van der Waals surface area contributed by atoms with Crippen molar-refractivity contribution in [3.05, 3.63) is 59.2 Å². The number of hydrogen-bond donors (Lipinski definition) is 1. The van der Waals surface area contributed by atoms with Crippen LogP contribution in [0, 0.1) is 0 Å². The van der Waals surface area contributed by atoms with Crippen molar-refractivity contribution in [3.8, 4) is 28.6 Å². The second-order valence-corrected chi connectivity index (χ2v) is 6.96. The summed E-state index contributed by atoms with van der Waals surface area (Å²) < 4.78 is 22.1. The molecule has 8 heteroatoms. The van der Waals surface area contributed by atoms with Crippen LogP contribution in [0.5, 0.6) is 17.2 Å². The standard InChI is InChI=1S/C21H19ClN2O5/c1-13(28-16-5-3-15(22)4-6-16)12-23-21(25)17-11-19(29-24-17)14-2-7-18-20(10-14)27-9-8-26-18/h2-7,10-11,13H,8-9,12H2,1H3,(H,23,25)/t13-/m1/s1. The molecule has 0 bridgehead atoms. The second-order valence-electron chi connectivity index (χ2n) is 6.53. The van der Waals surface area contributed by atoms with E-state index in [0.29, 0.717) is 47.8 Å². The van der Waals surface area contributed by atoms with E-state index < -0.39 is 0 Å². The molecule has 1 N–H and O–H groups in total. The number of carbonyl (C=O) groups excluding carboxylic acids is 1. The lowest BCUT2D eigenvalue weighted by atomic mass is 10.1. The summed E-state index contributed by atoms with van der Waals surface area (Å²) in [6.07, 6.45) is -0.232. The average Bonchev–Trinajstić information content (AvgIpc) is 3.24. The van der Waals surface area contributed by atoms with Gasteiger partial charge in [0, 0.05) is 16.7 Å². The van der Waals surface area contributed by atoms with E-state index in [1.54, 1.807) is 36.4 Å². The van der Waals surface area contributed by atoms with Gasteiger partial charge in [-0.2, -0.15) is 0 Å². The number of halogens is 1. The number of benzene rings is 2. The molecule has 1 aliphatic heterocycles. The van der Waals surface area contributed by atoms with Crippen molar-refractivity contribution in [2.45, 2.75) is 13.0 Å². The Balaban J connectivity index is 1.35. The molecular formula is C21H19ClN2O5. The van der Waals surface area contributed by atoms with Gasteiger partial charge in [0.05, 0.1) is 6.54 Å². The van der Waals surface area contributed by atoms with E-state index in [4.69, 9.17) is 30.3 Å². The summed E-state index contributed by atoms with van der Waals surface area (Å²) in [5.41, 5.74) is 0.939. The maximum Gasteiger partial charge on any atom is 0.273 e. The monoisotopic (exact) mass is 414 g/mol. The van der Waals surface area contributed by atoms with Crippen LogP contribution in [0.2, 0.25) is 5.02 Å². The number of rotatable bonds is 6. The Bertz CT molecular complexity index is 1000. The fourth-order valence-electron chi connectivity index (χ4n) is 2.83. The molecular weight excluding hydrogens is 396 g/mol. The number of aromatic nitrogens is 1. The highest BCUT2D eigenvalue weighted by molar-refractivity contribution is 6.30. The Morgan fingerprint density at radius 1 is 1.14 bits per heavy atom. The van der Waals surface area contributed by atoms with E-state index in [2.05, 4.69) is 10.5 Å². The molecule has 1 atom stereocenters. The Labute approximate surface area is 172 Å². The van der Waals surface area contributed by atoms with Gasteiger partial charge in [-0.3, -0.25) is 4.79 Å². The summed E-state index contributed by atoms with van der Waals surface area (Å²) >= 11 is 5.86. The molecule has 2 heterocycles. The Hall–Kier alpha value is -3.19. The van der Waals surface area contributed by atoms with E-state index in [-0.39, 0.29) is 17.7 Å². The molecule has 2 aromatic carbocycles. The number of nitrogens with one attached hydrogen (secondary N) is 1. The number of amides is 1. The van der Waals surface area contributed by atoms with Gasteiger partial charge in [-0.25, -0.2) is 0 Å². The molecule has 0 unspecified atom stereocenters. The van der Waals surface area contributed by atoms with Crippen molar-refractivity contribution in [2.75, 3.05) is 19.8 Å². The Morgan fingerprint density at radius 3 is 2.69 bits per heavy atom. The van der Waals surface area contributed by atoms with Gasteiger partial charge in [-0.05, 0) is 49.4 Å². The number of fused-ring (bicyclic) bond motifs is 1. The Morgan fingerprint density at radius 2 is 1.90 bits per heavy atom. The van der Waals surface area contributed by atoms with Gasteiger partial charge in [0.15, 0.2) is 23.0 Å². The van der Waals surface area contributed by atoms with Crippen LogP contribution in [0.4, 0.5) is 0 Å². The smallest absolute Gasteiger partial charge is 0.273 e. The zero-order valence-electron chi connectivity index (χ0n) is 15.7. The molecule has 1 aromatic heterocycles. The zero-order chi connectivity index (χ0) is 20.2. The first-order valence-corrected chi connectivity index (χ1v) is 9.53. The SMILES string of the molecule is C[C@H](CNC(=O)c1cc(-c2ccc3c(c2)OCCO3)on1)Oc1ccc(Cl)cc1. The molecule has 0 aliphatic carbocycles. The average molecular weight is 415 g/mol. The summed E-state index contributed by atoms with van der Waals surface area (Å²) in [5, 5.41) is 7.29. The molecule has 0 saturated heterocycles. The third kappa shape index (κ3) is 4.63. The fraction of sp³-hybridized carbons (Fsp3) is 0.238. The molecule has 29 heavy (non-hydrogen) atoms. The highest BCUT2D eigenvalue weighted by Crippen LogP contribution is 2.34. The van der Waals surface area contributed by atoms with Gasteiger partial charge in [0.25, 0.3) is 5.91 Å². The summed E-state index contributed by atoms with van der Waals surface area (Å²) in [6.45, 7) is 3.20. The topological polar surface area (TPSA) is 82.8 Å². The highest BCUT2D eigenvalue weighted by Gasteiger charge is 2.17. The van der Waals surface area contributed by atoms with Crippen LogP contribution in [0.1, 0.15) is 17.4 Å². The first-order chi connectivity index (χ1) is 14.1. The Kier molecular flexibility index (Phi) is 5.57. The van der Waals surface area contributed by atoms with Crippen LogP contribution in [0.25, 0.3) is 11.3 Å². The molecule has 1 aliphatic rings. The third-order valence-corrected chi connectivity index (χ3v) is 4.52. The van der Waals surface area contributed by atoms with Crippen molar-refractivity contribution in [1.29, 1.82) is 0 Å². The lowest BCUT2D eigenvalue weighted by molar-refractivity contribution is 0.0923. The molecule has 7 nitrogen and oxygen atoms in total. The van der Waals surface area contributed by atoms with Gasteiger partial charge < -0.3 is 24.1 Å². The van der Waals surface area contributed by atoms with Crippen LogP contribution in [0.15, 0.2) is 53.1 Å². The largest absolute Gasteiger partial charge is 0.489 e. The first-order valence-electron chi connectivity index (χ1n) is 9.15. The third-order valence-electron chi connectivity index (χ3n) is 4.27. The molecule has 0 saturated carbocycles. The zero-order valence-corrected chi connectivity index (χ0v) is 16.4. The summed E-state index contributed by atoms with van der Waals surface area (Å²) in [6, 6.07) is 14.1. The van der Waals surface area contributed by atoms with Crippen molar-refractivity contribution in [3.63, 3.8) is 0 Å². The van der Waals surface area contributed by atoms with Crippen molar-refractivity contribution >= 4 is 17.5 Å². The van der Waals surface area contributed by atoms with E-state index in [1.807, 2.05) is 19.1 Å². The number of carbonyl (C=O) groups is 1. The molecule has 3 aromatic rings. The summed E-state index contributed by atoms with van der Waals surface area (Å²) in [4.78, 5) is 12.4. The van der Waals surface area contributed by atoms with Gasteiger partial charge in [0.2, 0.25) is 0 Å². The molecule has 150 valence electrons. The maximum atomic E-state index is 12.4. The highest BCUT2D eigenvalue weighted by atomic mass is 35.5. The number of nitrogens with zero attached hydrogens (tertiary/aromatic N) is 1. The minimum Gasteiger partial charge on any atom is -0.489 e. The lowest BCUT2D eigenvalue weighted by Gasteiger charge is -2.18. The van der Waals surface area contributed by atoms with E-state index >= 15 is 0 Å². The van der Waals surface area contributed by atoms with Gasteiger partial charge in [-0.1, -0.05) is 16.8 Å². The van der Waals surface area contributed by atoms with Crippen LogP contribution in [-0.4, -0.2) is 36.9 Å². The van der Waals surface area contributed by atoms with E-state index in [9.17, 15) is 4.79 Å². The van der Waals surface area contributed by atoms with Crippen molar-refractivity contribution in [2.24, 2.45) is 0 Å². The van der Waals surface area contributed by atoms with E-state index in [0.717, 1.165) is 5.56 Å². The van der Waals surface area contributed by atoms with E-state index in [1.165, 1.54) is 0 Å². The van der Waals surface area contributed by atoms with Crippen molar-refractivity contribution < 1.29 is 23.5 Å².